The van der Waals surface area contributed by atoms with E-state index in [0.717, 1.165) is 29.6 Å². The van der Waals surface area contributed by atoms with Gasteiger partial charge in [0.05, 0.1) is 7.14 Å². The maximum atomic E-state index is 12.6. The van der Waals surface area contributed by atoms with Crippen molar-refractivity contribution in [1.82, 2.24) is 0 Å². The number of nitriles is 1. The van der Waals surface area contributed by atoms with Crippen LogP contribution in [0, 0.1) is 25.4 Å². The number of rotatable bonds is 6. The zero-order valence-electron chi connectivity index (χ0n) is 16.8. The van der Waals surface area contributed by atoms with Gasteiger partial charge in [0.25, 0.3) is 5.91 Å². The molecule has 0 aliphatic heterocycles. The second-order valence-electron chi connectivity index (χ2n) is 6.77. The van der Waals surface area contributed by atoms with Crippen LogP contribution in [0.3, 0.4) is 0 Å². The lowest BCUT2D eigenvalue weighted by Crippen LogP contribution is -2.14. The number of ether oxygens (including phenoxy) is 1. The predicted molar refractivity (Wildman–Crippen MR) is 146 cm³/mol. The number of anilines is 1. The number of hydrogen-bond acceptors (Lipinski definition) is 3. The van der Waals surface area contributed by atoms with Gasteiger partial charge in [-0.3, -0.25) is 4.79 Å². The zero-order chi connectivity index (χ0) is 23.3. The highest BCUT2D eigenvalue weighted by Gasteiger charge is 2.14. The summed E-state index contributed by atoms with van der Waals surface area (Å²) in [5, 5.41) is 13.5. The van der Waals surface area contributed by atoms with E-state index >= 15 is 0 Å². The first-order chi connectivity index (χ1) is 15.3. The highest BCUT2D eigenvalue weighted by Crippen LogP contribution is 2.31. The lowest BCUT2D eigenvalue weighted by atomic mass is 10.1. The van der Waals surface area contributed by atoms with E-state index in [1.165, 1.54) is 0 Å². The summed E-state index contributed by atoms with van der Waals surface area (Å²) in [6.07, 6.45) is 1.56. The molecule has 0 aliphatic carbocycles. The SMILES string of the molecule is Cc1c(Cl)cccc1NC(=O)/C(C#N)=C\c1cc(I)c(OCc2ccc(Cl)cc2)c(I)c1. The molecule has 3 aromatic rings. The first kappa shape index (κ1) is 24.8. The smallest absolute Gasteiger partial charge is 0.266 e. The molecule has 0 radical (unpaired) electrons. The van der Waals surface area contributed by atoms with Crippen molar-refractivity contribution in [3.8, 4) is 11.8 Å². The van der Waals surface area contributed by atoms with E-state index in [9.17, 15) is 10.1 Å². The quantitative estimate of drug-likeness (QED) is 0.165. The van der Waals surface area contributed by atoms with Gasteiger partial charge < -0.3 is 10.1 Å². The normalized spacial score (nSPS) is 11.1. The fourth-order valence-corrected chi connectivity index (χ4v) is 5.21. The molecule has 8 heteroatoms. The highest BCUT2D eigenvalue weighted by atomic mass is 127. The van der Waals surface area contributed by atoms with Crippen LogP contribution in [0.1, 0.15) is 16.7 Å². The summed E-state index contributed by atoms with van der Waals surface area (Å²) in [5.41, 5.74) is 3.03. The molecule has 0 aromatic heterocycles. The minimum absolute atomic E-state index is 0.00851. The number of amides is 1. The van der Waals surface area contributed by atoms with Gasteiger partial charge >= 0.3 is 0 Å². The fraction of sp³-hybridized carbons (Fsp3) is 0.0833. The van der Waals surface area contributed by atoms with Crippen LogP contribution in [-0.2, 0) is 11.4 Å². The molecule has 0 saturated carbocycles. The highest BCUT2D eigenvalue weighted by molar-refractivity contribution is 14.1. The maximum Gasteiger partial charge on any atom is 0.266 e. The lowest BCUT2D eigenvalue weighted by molar-refractivity contribution is -0.112. The van der Waals surface area contributed by atoms with Gasteiger partial charge in [-0.05, 0) is 111 Å². The third-order valence-electron chi connectivity index (χ3n) is 4.51. The van der Waals surface area contributed by atoms with Crippen LogP contribution in [0.2, 0.25) is 10.0 Å². The Bertz CT molecular complexity index is 1210. The van der Waals surface area contributed by atoms with Crippen LogP contribution in [0.5, 0.6) is 5.75 Å². The van der Waals surface area contributed by atoms with E-state index in [2.05, 4.69) is 50.5 Å². The van der Waals surface area contributed by atoms with Gasteiger partial charge in [-0.25, -0.2) is 0 Å². The molecule has 1 N–H and O–H groups in total. The summed E-state index contributed by atoms with van der Waals surface area (Å²) < 4.78 is 7.74. The lowest BCUT2D eigenvalue weighted by Gasteiger charge is -2.12. The molecule has 0 fully saturated rings. The average Bonchev–Trinajstić information content (AvgIpc) is 2.76. The molecule has 162 valence electrons. The largest absolute Gasteiger partial charge is 0.487 e. The van der Waals surface area contributed by atoms with Crippen LogP contribution in [0.25, 0.3) is 6.08 Å². The topological polar surface area (TPSA) is 62.1 Å². The Morgan fingerprint density at radius 2 is 1.78 bits per heavy atom. The number of benzene rings is 3. The second kappa shape index (κ2) is 11.4. The molecular weight excluding hydrogens is 673 g/mol. The number of hydrogen-bond donors (Lipinski definition) is 1. The van der Waals surface area contributed by atoms with Crippen molar-refractivity contribution < 1.29 is 9.53 Å². The van der Waals surface area contributed by atoms with E-state index in [0.29, 0.717) is 22.3 Å². The third kappa shape index (κ3) is 6.38. The van der Waals surface area contributed by atoms with E-state index < -0.39 is 5.91 Å². The molecule has 32 heavy (non-hydrogen) atoms. The summed E-state index contributed by atoms with van der Waals surface area (Å²) in [6, 6.07) is 18.4. The molecule has 0 aliphatic rings. The fourth-order valence-electron chi connectivity index (χ4n) is 2.78. The van der Waals surface area contributed by atoms with Gasteiger partial charge in [0, 0.05) is 15.7 Å². The Kier molecular flexibility index (Phi) is 8.82. The van der Waals surface area contributed by atoms with Crippen molar-refractivity contribution in [2.45, 2.75) is 13.5 Å². The van der Waals surface area contributed by atoms with E-state index in [-0.39, 0.29) is 5.57 Å². The number of nitrogens with one attached hydrogen (secondary N) is 1. The van der Waals surface area contributed by atoms with Crippen molar-refractivity contribution in [3.63, 3.8) is 0 Å². The Labute approximate surface area is 223 Å². The van der Waals surface area contributed by atoms with Crippen LogP contribution in [0.4, 0.5) is 5.69 Å². The molecule has 0 unspecified atom stereocenters. The number of carbonyl (C=O) groups excluding carboxylic acids is 1. The molecule has 0 atom stereocenters. The monoisotopic (exact) mass is 688 g/mol. The third-order valence-corrected chi connectivity index (χ3v) is 6.77. The van der Waals surface area contributed by atoms with Gasteiger partial charge in [-0.1, -0.05) is 41.4 Å². The number of halogens is 4. The van der Waals surface area contributed by atoms with Crippen molar-refractivity contribution in [1.29, 1.82) is 5.26 Å². The predicted octanol–water partition coefficient (Wildman–Crippen LogP) is 7.64. The van der Waals surface area contributed by atoms with Crippen LogP contribution in [0.15, 0.2) is 60.2 Å². The summed E-state index contributed by atoms with van der Waals surface area (Å²) in [5.74, 6) is 0.252. The first-order valence-corrected chi connectivity index (χ1v) is 12.2. The summed E-state index contributed by atoms with van der Waals surface area (Å²) in [4.78, 5) is 12.6. The Morgan fingerprint density at radius 3 is 2.41 bits per heavy atom. The van der Waals surface area contributed by atoms with Gasteiger partial charge in [0.15, 0.2) is 0 Å². The molecule has 3 rings (SSSR count). The minimum atomic E-state index is -0.494. The van der Waals surface area contributed by atoms with Crippen LogP contribution < -0.4 is 10.1 Å². The van der Waals surface area contributed by atoms with Gasteiger partial charge in [-0.15, -0.1) is 0 Å². The van der Waals surface area contributed by atoms with E-state index in [1.807, 2.05) is 42.5 Å². The molecular formula is C24H16Cl2I2N2O2. The first-order valence-electron chi connectivity index (χ1n) is 9.33. The summed E-state index contributed by atoms with van der Waals surface area (Å²) in [7, 11) is 0. The summed E-state index contributed by atoms with van der Waals surface area (Å²) >= 11 is 16.4. The molecule has 0 spiro atoms. The van der Waals surface area contributed by atoms with Crippen molar-refractivity contribution in [2.75, 3.05) is 5.32 Å². The van der Waals surface area contributed by atoms with Gasteiger partial charge in [0.1, 0.15) is 24.0 Å². The van der Waals surface area contributed by atoms with Crippen LogP contribution >= 0.6 is 68.4 Å². The zero-order valence-corrected chi connectivity index (χ0v) is 22.6. The standard InChI is InChI=1S/C24H16Cl2I2N2O2/c1-14-19(26)3-2-4-22(14)30-24(31)17(12-29)9-16-10-20(27)23(21(28)11-16)32-13-15-5-7-18(25)8-6-15/h2-11H,13H2,1H3,(H,30,31)/b17-9-. The van der Waals surface area contributed by atoms with Crippen molar-refractivity contribution in [2.24, 2.45) is 0 Å². The second-order valence-corrected chi connectivity index (χ2v) is 9.93. The van der Waals surface area contributed by atoms with Gasteiger partial charge in [-0.2, -0.15) is 5.26 Å². The van der Waals surface area contributed by atoms with Crippen molar-refractivity contribution >= 4 is 86.1 Å². The summed E-state index contributed by atoms with van der Waals surface area (Å²) in [6.45, 7) is 2.21. The Morgan fingerprint density at radius 1 is 1.12 bits per heavy atom. The number of nitrogens with zero attached hydrogens (tertiary/aromatic N) is 1. The van der Waals surface area contributed by atoms with E-state index in [1.54, 1.807) is 31.2 Å². The van der Waals surface area contributed by atoms with Crippen LogP contribution in [-0.4, -0.2) is 5.91 Å². The van der Waals surface area contributed by atoms with E-state index in [4.69, 9.17) is 27.9 Å². The Balaban J connectivity index is 1.78. The molecule has 0 heterocycles. The van der Waals surface area contributed by atoms with Gasteiger partial charge in [0.2, 0.25) is 0 Å². The van der Waals surface area contributed by atoms with Crippen molar-refractivity contribution in [3.05, 3.63) is 94.0 Å². The molecule has 4 nitrogen and oxygen atoms in total. The minimum Gasteiger partial charge on any atom is -0.487 e. The maximum absolute atomic E-state index is 12.6. The molecule has 0 saturated heterocycles. The molecule has 0 bridgehead atoms. The number of carbonyl (C=O) groups is 1. The molecule has 1 amide bonds. The average molecular weight is 689 g/mol. The molecule has 3 aromatic carbocycles. The Hall–Kier alpha value is -1.80.